The molecule has 0 atom stereocenters. The zero-order chi connectivity index (χ0) is 13.4. The summed E-state index contributed by atoms with van der Waals surface area (Å²) in [6.45, 7) is 4.92. The summed E-state index contributed by atoms with van der Waals surface area (Å²) in [7, 11) is 0. The highest BCUT2D eigenvalue weighted by atomic mass is 16.5. The molecular formula is C14H14O4. The lowest BCUT2D eigenvalue weighted by molar-refractivity contribution is -0.140. The van der Waals surface area contributed by atoms with E-state index in [2.05, 4.69) is 11.3 Å². The Bertz CT molecular complexity index is 460. The van der Waals surface area contributed by atoms with Gasteiger partial charge in [0.15, 0.2) is 0 Å². The standard InChI is InChI=1S/C14H14O4/c1-3-13(15)17-9-11(2)14(16)18-10-12-7-5-4-6-8-12/h3-9H,1,10H2,2H3/b11-9+. The summed E-state index contributed by atoms with van der Waals surface area (Å²) in [6.07, 6.45) is 2.07. The van der Waals surface area contributed by atoms with E-state index < -0.39 is 11.9 Å². The van der Waals surface area contributed by atoms with Crippen LogP contribution in [0, 0.1) is 0 Å². The zero-order valence-electron chi connectivity index (χ0n) is 10.1. The molecule has 0 radical (unpaired) electrons. The molecule has 0 saturated carbocycles. The molecule has 0 bridgehead atoms. The number of rotatable bonds is 5. The van der Waals surface area contributed by atoms with E-state index in [-0.39, 0.29) is 12.2 Å². The van der Waals surface area contributed by atoms with E-state index in [1.807, 2.05) is 30.3 Å². The van der Waals surface area contributed by atoms with Crippen molar-refractivity contribution in [3.63, 3.8) is 0 Å². The van der Waals surface area contributed by atoms with Gasteiger partial charge in [-0.05, 0) is 12.5 Å². The molecule has 0 aliphatic carbocycles. The van der Waals surface area contributed by atoms with Crippen LogP contribution in [-0.2, 0) is 25.7 Å². The summed E-state index contributed by atoms with van der Waals surface area (Å²) < 4.78 is 9.64. The largest absolute Gasteiger partial charge is 0.457 e. The van der Waals surface area contributed by atoms with E-state index in [1.54, 1.807) is 0 Å². The van der Waals surface area contributed by atoms with Crippen molar-refractivity contribution in [2.24, 2.45) is 0 Å². The summed E-state index contributed by atoms with van der Waals surface area (Å²) in [5.74, 6) is -1.15. The van der Waals surface area contributed by atoms with Gasteiger partial charge in [-0.15, -0.1) is 0 Å². The molecule has 0 heterocycles. The second-order valence-electron chi connectivity index (χ2n) is 3.50. The number of carbonyl (C=O) groups excluding carboxylic acids is 2. The molecule has 4 nitrogen and oxygen atoms in total. The van der Waals surface area contributed by atoms with Crippen molar-refractivity contribution in [3.05, 3.63) is 60.4 Å². The number of hydrogen-bond acceptors (Lipinski definition) is 4. The van der Waals surface area contributed by atoms with Gasteiger partial charge in [-0.1, -0.05) is 36.9 Å². The molecule has 0 aliphatic rings. The van der Waals surface area contributed by atoms with Gasteiger partial charge in [0, 0.05) is 6.08 Å². The summed E-state index contributed by atoms with van der Waals surface area (Å²) in [4.78, 5) is 22.3. The summed E-state index contributed by atoms with van der Waals surface area (Å²) >= 11 is 0. The van der Waals surface area contributed by atoms with Gasteiger partial charge in [-0.2, -0.15) is 0 Å². The first-order chi connectivity index (χ1) is 8.63. The van der Waals surface area contributed by atoms with E-state index >= 15 is 0 Å². The molecule has 1 rings (SSSR count). The highest BCUT2D eigenvalue weighted by Gasteiger charge is 2.07. The van der Waals surface area contributed by atoms with Crippen LogP contribution >= 0.6 is 0 Å². The van der Waals surface area contributed by atoms with E-state index in [0.29, 0.717) is 0 Å². The fourth-order valence-electron chi connectivity index (χ4n) is 1.08. The highest BCUT2D eigenvalue weighted by molar-refractivity contribution is 5.88. The third kappa shape index (κ3) is 4.65. The molecule has 0 fully saturated rings. The Kier molecular flexibility index (Phi) is 5.38. The maximum absolute atomic E-state index is 11.5. The van der Waals surface area contributed by atoms with Gasteiger partial charge in [0.25, 0.3) is 0 Å². The molecule has 0 N–H and O–H groups in total. The van der Waals surface area contributed by atoms with Gasteiger partial charge in [0.1, 0.15) is 12.9 Å². The lowest BCUT2D eigenvalue weighted by Crippen LogP contribution is -2.07. The maximum atomic E-state index is 11.5. The van der Waals surface area contributed by atoms with E-state index in [1.165, 1.54) is 6.92 Å². The predicted octanol–water partition coefficient (Wildman–Crippen LogP) is 2.36. The average Bonchev–Trinajstić information content (AvgIpc) is 2.42. The van der Waals surface area contributed by atoms with Crippen LogP contribution in [0.5, 0.6) is 0 Å². The van der Waals surface area contributed by atoms with Crippen LogP contribution in [0.1, 0.15) is 12.5 Å². The van der Waals surface area contributed by atoms with E-state index in [4.69, 9.17) is 4.74 Å². The van der Waals surface area contributed by atoms with Crippen LogP contribution in [0.2, 0.25) is 0 Å². The van der Waals surface area contributed by atoms with Crippen molar-refractivity contribution in [1.29, 1.82) is 0 Å². The van der Waals surface area contributed by atoms with Crippen molar-refractivity contribution in [1.82, 2.24) is 0 Å². The topological polar surface area (TPSA) is 52.6 Å². The molecule has 0 aromatic heterocycles. The number of carbonyl (C=O) groups is 2. The van der Waals surface area contributed by atoms with Crippen LogP contribution in [0.15, 0.2) is 54.8 Å². The van der Waals surface area contributed by atoms with Gasteiger partial charge in [0.05, 0.1) is 5.57 Å². The number of hydrogen-bond donors (Lipinski definition) is 0. The molecule has 0 saturated heterocycles. The van der Waals surface area contributed by atoms with Gasteiger partial charge in [-0.3, -0.25) is 0 Å². The first-order valence-electron chi connectivity index (χ1n) is 5.34. The minimum atomic E-state index is -0.620. The molecular weight excluding hydrogens is 232 g/mol. The SMILES string of the molecule is C=CC(=O)O/C=C(\C)C(=O)OCc1ccccc1. The molecule has 94 valence electrons. The smallest absolute Gasteiger partial charge is 0.337 e. The highest BCUT2D eigenvalue weighted by Crippen LogP contribution is 2.04. The average molecular weight is 246 g/mol. The number of benzene rings is 1. The molecule has 0 amide bonds. The summed E-state index contributed by atoms with van der Waals surface area (Å²) in [5, 5.41) is 0. The quantitative estimate of drug-likeness (QED) is 0.454. The fourth-order valence-corrected chi connectivity index (χ4v) is 1.08. The fraction of sp³-hybridized carbons (Fsp3) is 0.143. The minimum Gasteiger partial charge on any atom is -0.457 e. The Morgan fingerprint density at radius 3 is 2.56 bits per heavy atom. The van der Waals surface area contributed by atoms with Gasteiger partial charge >= 0.3 is 11.9 Å². The second-order valence-corrected chi connectivity index (χ2v) is 3.50. The Balaban J connectivity index is 2.45. The minimum absolute atomic E-state index is 0.181. The Morgan fingerprint density at radius 1 is 1.28 bits per heavy atom. The van der Waals surface area contributed by atoms with Crippen LogP contribution in [0.25, 0.3) is 0 Å². The Labute approximate surface area is 106 Å². The van der Waals surface area contributed by atoms with Crippen molar-refractivity contribution in [2.75, 3.05) is 0 Å². The monoisotopic (exact) mass is 246 g/mol. The lowest BCUT2D eigenvalue weighted by Gasteiger charge is -2.04. The van der Waals surface area contributed by atoms with E-state index in [9.17, 15) is 9.59 Å². The normalized spacial score (nSPS) is 10.6. The van der Waals surface area contributed by atoms with Crippen molar-refractivity contribution < 1.29 is 19.1 Å². The molecule has 1 aromatic carbocycles. The summed E-state index contributed by atoms with van der Waals surface area (Å²) in [5.41, 5.74) is 1.10. The Hall–Kier alpha value is -2.36. The molecule has 0 aliphatic heterocycles. The van der Waals surface area contributed by atoms with Crippen LogP contribution in [-0.4, -0.2) is 11.9 Å². The Morgan fingerprint density at radius 2 is 1.94 bits per heavy atom. The van der Waals surface area contributed by atoms with E-state index in [0.717, 1.165) is 17.9 Å². The molecule has 1 aromatic rings. The first kappa shape index (κ1) is 13.7. The predicted molar refractivity (Wildman–Crippen MR) is 66.3 cm³/mol. The third-order valence-electron chi connectivity index (χ3n) is 2.05. The van der Waals surface area contributed by atoms with Gasteiger partial charge in [0.2, 0.25) is 0 Å². The zero-order valence-corrected chi connectivity index (χ0v) is 10.1. The molecule has 0 spiro atoms. The molecule has 4 heteroatoms. The number of esters is 2. The molecule has 18 heavy (non-hydrogen) atoms. The van der Waals surface area contributed by atoms with Gasteiger partial charge < -0.3 is 9.47 Å². The number of ether oxygens (including phenoxy) is 2. The summed E-state index contributed by atoms with van der Waals surface area (Å²) in [6, 6.07) is 9.30. The third-order valence-corrected chi connectivity index (χ3v) is 2.05. The van der Waals surface area contributed by atoms with Crippen molar-refractivity contribution in [2.45, 2.75) is 13.5 Å². The van der Waals surface area contributed by atoms with Crippen LogP contribution < -0.4 is 0 Å². The van der Waals surface area contributed by atoms with Crippen LogP contribution in [0.3, 0.4) is 0 Å². The first-order valence-corrected chi connectivity index (χ1v) is 5.34. The lowest BCUT2D eigenvalue weighted by atomic mass is 10.2. The molecule has 0 unspecified atom stereocenters. The van der Waals surface area contributed by atoms with Gasteiger partial charge in [-0.25, -0.2) is 9.59 Å². The second kappa shape index (κ2) is 7.06. The van der Waals surface area contributed by atoms with Crippen molar-refractivity contribution >= 4 is 11.9 Å². The maximum Gasteiger partial charge on any atom is 0.337 e. The van der Waals surface area contributed by atoms with Crippen LogP contribution in [0.4, 0.5) is 0 Å². The van der Waals surface area contributed by atoms with Crippen molar-refractivity contribution in [3.8, 4) is 0 Å².